The van der Waals surface area contributed by atoms with Gasteiger partial charge in [0.25, 0.3) is 0 Å². The Hall–Kier alpha value is -3.68. The number of anilines is 2. The number of hydrogen-bond donors (Lipinski definition) is 2. The summed E-state index contributed by atoms with van der Waals surface area (Å²) in [5.74, 6) is 3.18. The Morgan fingerprint density at radius 3 is 2.71 bits per heavy atom. The van der Waals surface area contributed by atoms with E-state index in [1.165, 1.54) is 6.07 Å². The van der Waals surface area contributed by atoms with Gasteiger partial charge >= 0.3 is 6.01 Å². The Morgan fingerprint density at radius 1 is 1.11 bits per heavy atom. The predicted molar refractivity (Wildman–Crippen MR) is 168 cm³/mol. The number of terminal acetylenes is 1. The number of rotatable bonds is 5. The molecule has 3 aromatic rings. The summed E-state index contributed by atoms with van der Waals surface area (Å²) in [6.45, 7) is 3.98. The van der Waals surface area contributed by atoms with Gasteiger partial charge in [-0.15, -0.1) is 6.42 Å². The molecule has 2 N–H and O–H groups in total. The van der Waals surface area contributed by atoms with E-state index >= 15 is 4.39 Å². The Bertz CT molecular complexity index is 1740. The van der Waals surface area contributed by atoms with Crippen molar-refractivity contribution >= 4 is 22.3 Å². The Labute approximate surface area is 261 Å². The van der Waals surface area contributed by atoms with Crippen molar-refractivity contribution in [1.82, 2.24) is 20.2 Å². The third-order valence-electron chi connectivity index (χ3n) is 11.5. The van der Waals surface area contributed by atoms with Gasteiger partial charge in [0.15, 0.2) is 0 Å². The van der Waals surface area contributed by atoms with Gasteiger partial charge in [0, 0.05) is 67.1 Å². The number of aromatic hydroxyl groups is 1. The van der Waals surface area contributed by atoms with Gasteiger partial charge in [-0.25, -0.2) is 8.78 Å². The highest BCUT2D eigenvalue weighted by Gasteiger charge is 2.53. The van der Waals surface area contributed by atoms with E-state index in [9.17, 15) is 9.50 Å². The van der Waals surface area contributed by atoms with Crippen molar-refractivity contribution in [2.24, 2.45) is 0 Å². The van der Waals surface area contributed by atoms with Crippen molar-refractivity contribution in [3.63, 3.8) is 0 Å². The summed E-state index contributed by atoms with van der Waals surface area (Å²) in [5, 5.41) is 15.9. The molecule has 6 heterocycles. The number of benzene rings is 2. The van der Waals surface area contributed by atoms with Crippen LogP contribution < -0.4 is 19.9 Å². The minimum atomic E-state index is -0.830. The number of phenols is 1. The normalized spacial score (nSPS) is 29.7. The molecule has 5 aliphatic heterocycles. The molecule has 5 fully saturated rings. The second kappa shape index (κ2) is 9.91. The van der Waals surface area contributed by atoms with Gasteiger partial charge in [-0.2, -0.15) is 9.97 Å². The van der Waals surface area contributed by atoms with Crippen molar-refractivity contribution in [2.45, 2.75) is 87.2 Å². The van der Waals surface area contributed by atoms with Crippen LogP contribution >= 0.6 is 0 Å². The van der Waals surface area contributed by atoms with Crippen molar-refractivity contribution < 1.29 is 18.6 Å². The van der Waals surface area contributed by atoms with Crippen LogP contribution in [0.5, 0.6) is 11.8 Å². The van der Waals surface area contributed by atoms with Crippen molar-refractivity contribution in [1.29, 1.82) is 0 Å². The second-order valence-corrected chi connectivity index (χ2v) is 14.3. The molecule has 1 spiro atoms. The average Bonchev–Trinajstić information content (AvgIpc) is 3.39. The molecule has 1 aliphatic carbocycles. The van der Waals surface area contributed by atoms with Crippen LogP contribution in [0.15, 0.2) is 24.3 Å². The summed E-state index contributed by atoms with van der Waals surface area (Å²) in [6.07, 6.45) is 12.5. The van der Waals surface area contributed by atoms with E-state index in [1.54, 1.807) is 18.2 Å². The Kier molecular flexibility index (Phi) is 6.08. The molecule has 9 rings (SSSR count). The van der Waals surface area contributed by atoms with Gasteiger partial charge in [0.1, 0.15) is 30.2 Å². The monoisotopic (exact) mass is 612 g/mol. The van der Waals surface area contributed by atoms with Gasteiger partial charge in [-0.05, 0) is 62.6 Å². The van der Waals surface area contributed by atoms with E-state index in [4.69, 9.17) is 21.1 Å². The zero-order valence-electron chi connectivity index (χ0n) is 25.4. The van der Waals surface area contributed by atoms with Crippen LogP contribution in [0.1, 0.15) is 61.8 Å². The third-order valence-corrected chi connectivity index (χ3v) is 11.5. The largest absolute Gasteiger partial charge is 0.508 e. The lowest BCUT2D eigenvalue weighted by molar-refractivity contribution is 0.107. The van der Waals surface area contributed by atoms with E-state index in [-0.39, 0.29) is 22.4 Å². The highest BCUT2D eigenvalue weighted by atomic mass is 19.1. The molecule has 0 radical (unpaired) electrons. The number of halogens is 2. The molecule has 4 saturated heterocycles. The molecule has 0 amide bonds. The van der Waals surface area contributed by atoms with E-state index in [0.717, 1.165) is 87.3 Å². The number of alkyl halides is 1. The highest BCUT2D eigenvalue weighted by Crippen LogP contribution is 2.54. The number of fused-ring (bicyclic) bond motifs is 5. The summed E-state index contributed by atoms with van der Waals surface area (Å²) in [5.41, 5.74) is 2.47. The zero-order valence-corrected chi connectivity index (χ0v) is 25.4. The summed E-state index contributed by atoms with van der Waals surface area (Å²) in [4.78, 5) is 17.1. The second-order valence-electron chi connectivity index (χ2n) is 14.3. The molecule has 1 saturated carbocycles. The summed E-state index contributed by atoms with van der Waals surface area (Å²) in [6, 6.07) is 7.60. The highest BCUT2D eigenvalue weighted by molar-refractivity contribution is 6.00. The van der Waals surface area contributed by atoms with Crippen LogP contribution in [0.2, 0.25) is 0 Å². The first-order valence-electron chi connectivity index (χ1n) is 16.5. The standard InChI is InChI=1S/C35H38F2N6O2/c1-2-26-28(37)7-4-21-12-25(44)13-30(31(21)26)43-19-29-27(15-34(43)9-10-34)32(41-17-23-5-6-24(18-41)38-23)40-33(39-29)45-20-35-8-3-11-42(35)16-22(36)14-35/h1,4,7,12-13,22-24,38,44H,3,5-6,8-11,14-20H2/t22-,23?,24?,35+/m1/s1. The maximum absolute atomic E-state index is 15.0. The maximum Gasteiger partial charge on any atom is 0.318 e. The number of hydrogen-bond acceptors (Lipinski definition) is 8. The molecule has 2 bridgehead atoms. The smallest absolute Gasteiger partial charge is 0.318 e. The van der Waals surface area contributed by atoms with Crippen LogP contribution in [0.4, 0.5) is 20.3 Å². The molecular formula is C35H38F2N6O2. The van der Waals surface area contributed by atoms with Gasteiger partial charge in [0.05, 0.1) is 29.0 Å². The molecule has 10 heteroatoms. The molecule has 2 aromatic carbocycles. The molecule has 6 aliphatic rings. The van der Waals surface area contributed by atoms with Gasteiger partial charge in [-0.3, -0.25) is 4.90 Å². The number of nitrogens with zero attached hydrogens (tertiary/aromatic N) is 5. The van der Waals surface area contributed by atoms with Crippen molar-refractivity contribution in [3.05, 3.63) is 46.9 Å². The maximum atomic E-state index is 15.0. The molecule has 234 valence electrons. The minimum absolute atomic E-state index is 0.112. The average molecular weight is 613 g/mol. The molecule has 45 heavy (non-hydrogen) atoms. The fourth-order valence-corrected chi connectivity index (χ4v) is 9.18. The van der Waals surface area contributed by atoms with Crippen LogP contribution in [-0.4, -0.2) is 82.1 Å². The molecular weight excluding hydrogens is 574 g/mol. The van der Waals surface area contributed by atoms with Gasteiger partial charge in [0.2, 0.25) is 0 Å². The summed E-state index contributed by atoms with van der Waals surface area (Å²) in [7, 11) is 0. The van der Waals surface area contributed by atoms with Crippen LogP contribution in [0.3, 0.4) is 0 Å². The third kappa shape index (κ3) is 4.38. The number of phenolic OH excluding ortho intramolecular Hbond substituents is 1. The quantitative estimate of drug-likeness (QED) is 0.410. The number of aromatic nitrogens is 2. The minimum Gasteiger partial charge on any atom is -0.508 e. The van der Waals surface area contributed by atoms with Crippen LogP contribution in [0, 0.1) is 18.2 Å². The van der Waals surface area contributed by atoms with E-state index < -0.39 is 12.0 Å². The molecule has 4 atom stereocenters. The van der Waals surface area contributed by atoms with Gasteiger partial charge in [-0.1, -0.05) is 12.0 Å². The van der Waals surface area contributed by atoms with Crippen molar-refractivity contribution in [3.8, 4) is 24.1 Å². The predicted octanol–water partition coefficient (Wildman–Crippen LogP) is 4.45. The zero-order chi connectivity index (χ0) is 30.5. The van der Waals surface area contributed by atoms with Gasteiger partial charge < -0.3 is 25.0 Å². The summed E-state index contributed by atoms with van der Waals surface area (Å²) < 4.78 is 36.0. The fraction of sp³-hybridized carbons (Fsp3) is 0.543. The van der Waals surface area contributed by atoms with E-state index in [2.05, 4.69) is 25.9 Å². The first-order valence-corrected chi connectivity index (χ1v) is 16.5. The first-order chi connectivity index (χ1) is 21.8. The molecule has 8 nitrogen and oxygen atoms in total. The fourth-order valence-electron chi connectivity index (χ4n) is 9.18. The summed E-state index contributed by atoms with van der Waals surface area (Å²) >= 11 is 0. The Morgan fingerprint density at radius 2 is 1.93 bits per heavy atom. The first kappa shape index (κ1) is 27.6. The lowest BCUT2D eigenvalue weighted by Gasteiger charge is -2.42. The molecule has 2 unspecified atom stereocenters. The SMILES string of the molecule is C#Cc1c(F)ccc2cc(O)cc(N3Cc4nc(OC[C@@]56CCCN5C[C@H](F)C6)nc(N5CC6CCC(C5)N6)c4CC34CC4)c12. The van der Waals surface area contributed by atoms with Crippen LogP contribution in [0.25, 0.3) is 10.8 Å². The van der Waals surface area contributed by atoms with Crippen molar-refractivity contribution in [2.75, 3.05) is 42.6 Å². The number of nitrogens with one attached hydrogen (secondary N) is 1. The topological polar surface area (TPSA) is 77.0 Å². The molecule has 1 aromatic heterocycles. The lowest BCUT2D eigenvalue weighted by Crippen LogP contribution is -2.52. The number of ether oxygens (including phenoxy) is 1. The van der Waals surface area contributed by atoms with Crippen LogP contribution in [-0.2, 0) is 13.0 Å². The van der Waals surface area contributed by atoms with E-state index in [0.29, 0.717) is 55.0 Å². The lowest BCUT2D eigenvalue weighted by atomic mass is 9.92. The number of piperazine rings is 1. The van der Waals surface area contributed by atoms with E-state index in [1.807, 2.05) is 0 Å². The Balaban J connectivity index is 1.13.